The van der Waals surface area contributed by atoms with Crippen molar-refractivity contribution in [3.63, 3.8) is 0 Å². The predicted molar refractivity (Wildman–Crippen MR) is 34.9 cm³/mol. The van der Waals surface area contributed by atoms with E-state index in [9.17, 15) is 30.7 Å². The number of hydrogen-bond acceptors (Lipinski definition) is 2. The van der Waals surface area contributed by atoms with E-state index < -0.39 is 35.0 Å². The number of hydrogen-bond donors (Lipinski definition) is 2. The molecule has 0 aliphatic heterocycles. The van der Waals surface area contributed by atoms with Gasteiger partial charge in [0.25, 0.3) is 0 Å². The summed E-state index contributed by atoms with van der Waals surface area (Å²) in [4.78, 5) is 0. The van der Waals surface area contributed by atoms with Crippen LogP contribution in [0.3, 0.4) is 0 Å². The smallest absolute Gasteiger partial charge is 0.383 e. The Morgan fingerprint density at radius 2 is 1.33 bits per heavy atom. The summed E-state index contributed by atoms with van der Waals surface area (Å²) in [7, 11) is 0. The molecule has 9 heteroatoms. The van der Waals surface area contributed by atoms with Gasteiger partial charge in [-0.05, 0) is 0 Å². The van der Waals surface area contributed by atoms with E-state index >= 15 is 0 Å². The van der Waals surface area contributed by atoms with E-state index in [2.05, 4.69) is 5.73 Å². The monoisotopic (exact) mass is 236 g/mol. The first kappa shape index (κ1) is 11.8. The van der Waals surface area contributed by atoms with Crippen LogP contribution in [0.5, 0.6) is 0 Å². The van der Waals surface area contributed by atoms with Gasteiger partial charge in [-0.3, -0.25) is 5.41 Å². The molecule has 1 aliphatic rings. The second-order valence-corrected chi connectivity index (χ2v) is 2.83. The van der Waals surface area contributed by atoms with Gasteiger partial charge < -0.3 is 5.73 Å². The zero-order valence-electron chi connectivity index (χ0n) is 6.72. The molecule has 0 unspecified atom stereocenters. The maximum atomic E-state index is 12.5. The van der Waals surface area contributed by atoms with Gasteiger partial charge in [-0.2, -0.15) is 26.3 Å². The number of alkyl halides is 6. The summed E-state index contributed by atoms with van der Waals surface area (Å²) in [6, 6.07) is 0. The molecule has 15 heavy (non-hydrogen) atoms. The third-order valence-corrected chi connectivity index (χ3v) is 1.90. The molecule has 0 fully saturated rings. The average Bonchev–Trinajstić information content (AvgIpc) is 2.12. The van der Waals surface area contributed by atoms with Gasteiger partial charge in [0.2, 0.25) is 0 Å². The molecule has 1 aliphatic carbocycles. The lowest BCUT2D eigenvalue weighted by Gasteiger charge is -2.36. The van der Waals surface area contributed by atoms with Crippen LogP contribution in [-0.4, -0.2) is 23.5 Å². The molecule has 2 nitrogen and oxygen atoms in total. The van der Waals surface area contributed by atoms with Gasteiger partial charge in [0.15, 0.2) is 5.83 Å². The highest BCUT2D eigenvalue weighted by molar-refractivity contribution is 6.04. The number of allylic oxidation sites excluding steroid dienone is 2. The van der Waals surface area contributed by atoms with Crippen LogP contribution in [0.15, 0.2) is 11.5 Å². The normalized spacial score (nSPS) is 28.1. The number of halogens is 7. The lowest BCUT2D eigenvalue weighted by atomic mass is 9.90. The average molecular weight is 236 g/mol. The Hall–Kier alpha value is -1.28. The molecular weight excluding hydrogens is 233 g/mol. The SMILES string of the molecule is N=C1C(F)=C(N)C(F)(F)C(F)(F)C1(F)F. The molecule has 0 aromatic carbocycles. The summed E-state index contributed by atoms with van der Waals surface area (Å²) in [5.74, 6) is -19.6. The van der Waals surface area contributed by atoms with Gasteiger partial charge in [-0.25, -0.2) is 4.39 Å². The minimum atomic E-state index is -5.92. The van der Waals surface area contributed by atoms with Gasteiger partial charge >= 0.3 is 17.8 Å². The molecule has 0 aromatic heterocycles. The van der Waals surface area contributed by atoms with Gasteiger partial charge in [-0.1, -0.05) is 0 Å². The molecule has 86 valence electrons. The Balaban J connectivity index is 3.56. The molecule has 0 bridgehead atoms. The van der Waals surface area contributed by atoms with E-state index in [1.165, 1.54) is 0 Å². The molecule has 0 aromatic rings. The minimum absolute atomic E-state index is 2.36. The molecule has 0 heterocycles. The number of nitrogens with one attached hydrogen (secondary N) is 1. The quantitative estimate of drug-likeness (QED) is 0.621. The Kier molecular flexibility index (Phi) is 2.08. The zero-order valence-corrected chi connectivity index (χ0v) is 6.72. The Bertz CT molecular complexity index is 356. The van der Waals surface area contributed by atoms with E-state index in [4.69, 9.17) is 5.41 Å². The van der Waals surface area contributed by atoms with Crippen molar-refractivity contribution >= 4 is 5.71 Å². The van der Waals surface area contributed by atoms with E-state index in [0.717, 1.165) is 0 Å². The molecule has 0 radical (unpaired) electrons. The maximum absolute atomic E-state index is 12.5. The summed E-state index contributed by atoms with van der Waals surface area (Å²) in [6.45, 7) is 0. The van der Waals surface area contributed by atoms with Crippen LogP contribution in [-0.2, 0) is 0 Å². The molecule has 3 N–H and O–H groups in total. The summed E-state index contributed by atoms with van der Waals surface area (Å²) in [6.07, 6.45) is 0. The van der Waals surface area contributed by atoms with Crippen molar-refractivity contribution in [1.29, 1.82) is 5.41 Å². The van der Waals surface area contributed by atoms with Gasteiger partial charge in [0.05, 0.1) is 0 Å². The van der Waals surface area contributed by atoms with E-state index in [-0.39, 0.29) is 0 Å². The van der Waals surface area contributed by atoms with E-state index in [0.29, 0.717) is 0 Å². The number of rotatable bonds is 0. The van der Waals surface area contributed by atoms with Crippen LogP contribution in [0.4, 0.5) is 30.7 Å². The van der Waals surface area contributed by atoms with E-state index in [1.54, 1.807) is 0 Å². The first-order valence-corrected chi connectivity index (χ1v) is 3.36. The Morgan fingerprint density at radius 3 is 1.73 bits per heavy atom. The lowest BCUT2D eigenvalue weighted by molar-refractivity contribution is -0.274. The molecular formula is C6H3F7N2. The van der Waals surface area contributed by atoms with Crippen LogP contribution in [0, 0.1) is 5.41 Å². The zero-order chi connectivity index (χ0) is 12.2. The minimum Gasteiger partial charge on any atom is -0.395 e. The Labute approximate surface area is 78.1 Å². The molecule has 1 rings (SSSR count). The van der Waals surface area contributed by atoms with Crippen molar-refractivity contribution in [2.45, 2.75) is 17.8 Å². The summed E-state index contributed by atoms with van der Waals surface area (Å²) in [5.41, 5.74) is -0.660. The van der Waals surface area contributed by atoms with E-state index in [1.807, 2.05) is 0 Å². The molecule has 0 amide bonds. The molecule has 0 spiro atoms. The third kappa shape index (κ3) is 1.08. The summed E-state index contributed by atoms with van der Waals surface area (Å²) < 4.78 is 87.7. The van der Waals surface area contributed by atoms with Crippen LogP contribution in [0.2, 0.25) is 0 Å². The van der Waals surface area contributed by atoms with Crippen molar-refractivity contribution in [1.82, 2.24) is 0 Å². The van der Waals surface area contributed by atoms with Crippen LogP contribution in [0.1, 0.15) is 0 Å². The second kappa shape index (κ2) is 2.64. The maximum Gasteiger partial charge on any atom is 0.383 e. The van der Waals surface area contributed by atoms with Crippen molar-refractivity contribution in [3.05, 3.63) is 11.5 Å². The van der Waals surface area contributed by atoms with Crippen molar-refractivity contribution in [2.24, 2.45) is 5.73 Å². The molecule has 0 atom stereocenters. The first-order chi connectivity index (χ1) is 6.48. The fourth-order valence-corrected chi connectivity index (χ4v) is 0.934. The van der Waals surface area contributed by atoms with Crippen molar-refractivity contribution in [3.8, 4) is 0 Å². The molecule has 0 saturated heterocycles. The topological polar surface area (TPSA) is 49.9 Å². The Morgan fingerprint density at radius 1 is 0.933 bits per heavy atom. The summed E-state index contributed by atoms with van der Waals surface area (Å²) >= 11 is 0. The summed E-state index contributed by atoms with van der Waals surface area (Å²) in [5, 5.41) is 6.28. The largest absolute Gasteiger partial charge is 0.395 e. The first-order valence-electron chi connectivity index (χ1n) is 3.36. The fourth-order valence-electron chi connectivity index (χ4n) is 0.934. The standard InChI is InChI=1S/C6H3F7N2/c7-1-2(14)4(8,9)6(12,13)5(10,11)3(1)15/h14H,15H2. The van der Waals surface area contributed by atoms with Gasteiger partial charge in [0.1, 0.15) is 11.4 Å². The fraction of sp³-hybridized carbons (Fsp3) is 0.500. The highest BCUT2D eigenvalue weighted by Crippen LogP contribution is 2.53. The van der Waals surface area contributed by atoms with Crippen LogP contribution >= 0.6 is 0 Å². The molecule has 0 saturated carbocycles. The highest BCUT2D eigenvalue weighted by Gasteiger charge is 2.78. The van der Waals surface area contributed by atoms with Crippen LogP contribution in [0.25, 0.3) is 0 Å². The van der Waals surface area contributed by atoms with Gasteiger partial charge in [0, 0.05) is 0 Å². The number of nitrogens with two attached hydrogens (primary N) is 1. The van der Waals surface area contributed by atoms with Gasteiger partial charge in [-0.15, -0.1) is 0 Å². The highest BCUT2D eigenvalue weighted by atomic mass is 19.3. The second-order valence-electron chi connectivity index (χ2n) is 2.83. The third-order valence-electron chi connectivity index (χ3n) is 1.90. The predicted octanol–water partition coefficient (Wildman–Crippen LogP) is 2.07. The van der Waals surface area contributed by atoms with Crippen LogP contribution < -0.4 is 5.73 Å². The lowest BCUT2D eigenvalue weighted by Crippen LogP contribution is -2.63. The van der Waals surface area contributed by atoms with Crippen molar-refractivity contribution < 1.29 is 30.7 Å². The van der Waals surface area contributed by atoms with Crippen molar-refractivity contribution in [2.75, 3.05) is 0 Å².